The number of aryl methyl sites for hydroxylation is 1. The summed E-state index contributed by atoms with van der Waals surface area (Å²) in [5.74, 6) is -0.617. The van der Waals surface area contributed by atoms with E-state index in [1.807, 2.05) is 128 Å². The number of anilines is 5. The lowest BCUT2D eigenvalue weighted by Crippen LogP contribution is -2.46. The van der Waals surface area contributed by atoms with Crippen molar-refractivity contribution >= 4 is 46.2 Å². The van der Waals surface area contributed by atoms with Crippen LogP contribution in [0.2, 0.25) is 0 Å². The smallest absolute Gasteiger partial charge is 0.269 e. The first-order valence-corrected chi connectivity index (χ1v) is 21.1. The lowest BCUT2D eigenvalue weighted by Gasteiger charge is -2.34. The van der Waals surface area contributed by atoms with Crippen molar-refractivity contribution in [2.24, 2.45) is 11.8 Å². The van der Waals surface area contributed by atoms with Gasteiger partial charge >= 0.3 is 0 Å². The van der Waals surface area contributed by atoms with Gasteiger partial charge in [0.25, 0.3) is 17.7 Å². The van der Waals surface area contributed by atoms with E-state index in [0.717, 1.165) is 5.56 Å². The van der Waals surface area contributed by atoms with E-state index in [9.17, 15) is 19.8 Å². The Morgan fingerprint density at radius 1 is 0.778 bits per heavy atom. The van der Waals surface area contributed by atoms with Crippen LogP contribution in [0.25, 0.3) is 0 Å². The molecule has 320 valence electrons. The third-order valence-electron chi connectivity index (χ3n) is 12.8. The Morgan fingerprint density at radius 2 is 1.38 bits per heavy atom. The van der Waals surface area contributed by atoms with E-state index >= 15 is 4.79 Å². The summed E-state index contributed by atoms with van der Waals surface area (Å²) < 4.78 is 20.2. The largest absolute Gasteiger partial charge is 0.482 e. The van der Waals surface area contributed by atoms with E-state index < -0.39 is 35.2 Å². The average Bonchev–Trinajstić information content (AvgIpc) is 3.96. The lowest BCUT2D eigenvalue weighted by atomic mass is 9.70. The van der Waals surface area contributed by atoms with Gasteiger partial charge in [-0.25, -0.2) is 0 Å². The maximum absolute atomic E-state index is 15.4. The minimum absolute atomic E-state index is 0.0778. The highest BCUT2D eigenvalue weighted by atomic mass is 16.5. The van der Waals surface area contributed by atoms with Crippen LogP contribution in [0.3, 0.4) is 0 Å². The molecule has 14 heteroatoms. The number of aliphatic hydroxyl groups excluding tert-OH is 1. The summed E-state index contributed by atoms with van der Waals surface area (Å²) in [5, 5.41) is 31.4. The van der Waals surface area contributed by atoms with Crippen molar-refractivity contribution in [2.45, 2.75) is 63.7 Å². The zero-order chi connectivity index (χ0) is 43.6. The molecule has 4 aliphatic heterocycles. The SMILES string of the molecule is C[C@@H]1[C@@H](C(C)(C)O)[C@H](CCn2cc([C@H](O)c3ccccc3)nn2)O[C@@]12C(=O)N(Cc1ccc(N3C(=O)COc4ccccc43)cc1)c1ccc(N3C(=O)COc4ccccc43)cc12. The fourth-order valence-electron chi connectivity index (χ4n) is 9.95. The minimum atomic E-state index is -1.55. The second kappa shape index (κ2) is 15.5. The van der Waals surface area contributed by atoms with Crippen LogP contribution >= 0.6 is 0 Å². The van der Waals surface area contributed by atoms with E-state index in [1.54, 1.807) is 39.4 Å². The molecule has 0 radical (unpaired) electrons. The Bertz CT molecular complexity index is 2730. The number of rotatable bonds is 10. The highest BCUT2D eigenvalue weighted by molar-refractivity contribution is 6.10. The number of benzene rings is 5. The summed E-state index contributed by atoms with van der Waals surface area (Å²) in [6.07, 6.45) is 0.493. The molecule has 0 unspecified atom stereocenters. The highest BCUT2D eigenvalue weighted by Crippen LogP contribution is 2.59. The number of amides is 3. The molecule has 1 fully saturated rings. The molecule has 1 aromatic heterocycles. The van der Waals surface area contributed by atoms with E-state index in [-0.39, 0.29) is 37.5 Å². The number of nitrogens with zero attached hydrogens (tertiary/aromatic N) is 6. The molecule has 5 atom stereocenters. The number of aromatic nitrogens is 3. The number of carbonyl (C=O) groups excluding carboxylic acids is 3. The van der Waals surface area contributed by atoms with E-state index in [0.29, 0.717) is 69.7 Å². The van der Waals surface area contributed by atoms with Crippen molar-refractivity contribution in [1.82, 2.24) is 15.0 Å². The molecule has 3 amide bonds. The van der Waals surface area contributed by atoms with E-state index in [2.05, 4.69) is 10.3 Å². The predicted molar refractivity (Wildman–Crippen MR) is 233 cm³/mol. The summed E-state index contributed by atoms with van der Waals surface area (Å²) in [4.78, 5) is 47.1. The predicted octanol–water partition coefficient (Wildman–Crippen LogP) is 6.73. The molecule has 0 saturated carbocycles. The van der Waals surface area contributed by atoms with Crippen molar-refractivity contribution in [3.8, 4) is 11.5 Å². The van der Waals surface area contributed by atoms with Crippen LogP contribution in [-0.4, -0.2) is 67.8 Å². The summed E-state index contributed by atoms with van der Waals surface area (Å²) in [6, 6.07) is 37.0. The van der Waals surface area contributed by atoms with E-state index in [1.165, 1.54) is 0 Å². The minimum Gasteiger partial charge on any atom is -0.482 e. The first-order valence-electron chi connectivity index (χ1n) is 21.1. The average molecular weight is 847 g/mol. The van der Waals surface area contributed by atoms with Gasteiger partial charge in [0, 0.05) is 35.3 Å². The molecule has 14 nitrogen and oxygen atoms in total. The van der Waals surface area contributed by atoms with Gasteiger partial charge in [0.15, 0.2) is 18.8 Å². The molecule has 0 bridgehead atoms. The highest BCUT2D eigenvalue weighted by Gasteiger charge is 2.66. The third kappa shape index (κ3) is 6.81. The molecule has 0 aliphatic carbocycles. The molecule has 1 spiro atoms. The van der Waals surface area contributed by atoms with Gasteiger partial charge < -0.3 is 29.3 Å². The molecular weight excluding hydrogens is 801 g/mol. The Labute approximate surface area is 363 Å². The quantitative estimate of drug-likeness (QED) is 0.151. The number of fused-ring (bicyclic) bond motifs is 4. The normalized spacial score (nSPS) is 22.1. The first kappa shape index (κ1) is 40.2. The fraction of sp³-hybridized carbons (Fsp3) is 0.286. The number of ether oxygens (including phenoxy) is 3. The molecule has 63 heavy (non-hydrogen) atoms. The topological polar surface area (TPSA) is 160 Å². The molecule has 5 heterocycles. The number of aliphatic hydroxyl groups is 2. The number of carbonyl (C=O) groups is 3. The van der Waals surface area contributed by atoms with Gasteiger partial charge in [0.1, 0.15) is 23.3 Å². The zero-order valence-corrected chi connectivity index (χ0v) is 35.0. The zero-order valence-electron chi connectivity index (χ0n) is 35.0. The molecule has 1 saturated heterocycles. The van der Waals surface area contributed by atoms with Gasteiger partial charge in [-0.15, -0.1) is 5.10 Å². The van der Waals surface area contributed by atoms with Crippen LogP contribution in [0.1, 0.15) is 55.7 Å². The molecule has 2 N–H and O–H groups in total. The van der Waals surface area contributed by atoms with Crippen LogP contribution < -0.4 is 24.2 Å². The number of para-hydroxylation sites is 4. The third-order valence-corrected chi connectivity index (χ3v) is 12.8. The number of hydrogen-bond acceptors (Lipinski definition) is 10. The molecule has 5 aromatic carbocycles. The van der Waals surface area contributed by atoms with Crippen LogP contribution in [0.5, 0.6) is 11.5 Å². The number of hydrogen-bond donors (Lipinski definition) is 2. The molecular formula is C49H46N6O8. The summed E-state index contributed by atoms with van der Waals surface area (Å²) >= 11 is 0. The molecule has 10 rings (SSSR count). The fourth-order valence-corrected chi connectivity index (χ4v) is 9.95. The summed E-state index contributed by atoms with van der Waals surface area (Å²) in [6.45, 7) is 5.72. The van der Waals surface area contributed by atoms with Gasteiger partial charge in [-0.3, -0.25) is 28.9 Å². The van der Waals surface area contributed by atoms with Gasteiger partial charge in [0.05, 0.1) is 41.5 Å². The van der Waals surface area contributed by atoms with Crippen LogP contribution in [0, 0.1) is 11.8 Å². The Balaban J connectivity index is 1.00. The Morgan fingerprint density at radius 3 is 2.03 bits per heavy atom. The Kier molecular flexibility index (Phi) is 9.89. The van der Waals surface area contributed by atoms with E-state index in [4.69, 9.17) is 14.2 Å². The molecule has 4 aliphatic rings. The van der Waals surface area contributed by atoms with Crippen molar-refractivity contribution in [1.29, 1.82) is 0 Å². The van der Waals surface area contributed by atoms with Gasteiger partial charge in [-0.05, 0) is 86.0 Å². The summed E-state index contributed by atoms with van der Waals surface area (Å²) in [7, 11) is 0. The van der Waals surface area contributed by atoms with Gasteiger partial charge in [0.2, 0.25) is 0 Å². The maximum Gasteiger partial charge on any atom is 0.269 e. The molecule has 6 aromatic rings. The summed E-state index contributed by atoms with van der Waals surface area (Å²) in [5.41, 5.74) is 2.75. The van der Waals surface area contributed by atoms with Crippen molar-refractivity contribution in [3.63, 3.8) is 0 Å². The van der Waals surface area contributed by atoms with Crippen molar-refractivity contribution in [3.05, 3.63) is 150 Å². The van der Waals surface area contributed by atoms with Crippen molar-refractivity contribution < 1.29 is 38.8 Å². The maximum atomic E-state index is 15.4. The van der Waals surface area contributed by atoms with Crippen LogP contribution in [0.4, 0.5) is 28.4 Å². The monoisotopic (exact) mass is 846 g/mol. The standard InChI is InChI=1S/C49H46N6O8/c1-30-45(48(2,3)60)42(23-24-52-27-36(50-51-52)46(58)32-11-5-4-6-12-32)63-49(30)35-25-34(55-39-14-8-10-16-41(39)62-29-44(55)57)21-22-37(35)53(47(49)59)26-31-17-19-33(20-18-31)54-38-13-7-9-15-40(38)61-28-43(54)56/h4-22,25,27,30,42,45-46,58,60H,23-24,26,28-29H2,1-3H3/t30-,42+,45-,46-,49+/m1/s1. The van der Waals surface area contributed by atoms with Gasteiger partial charge in [-0.1, -0.05) is 78.9 Å². The van der Waals surface area contributed by atoms with Crippen LogP contribution in [0.15, 0.2) is 128 Å². The Hall–Kier alpha value is -6.87. The second-order valence-electron chi connectivity index (χ2n) is 17.1. The lowest BCUT2D eigenvalue weighted by molar-refractivity contribution is -0.146. The van der Waals surface area contributed by atoms with Gasteiger partial charge in [-0.2, -0.15) is 0 Å². The second-order valence-corrected chi connectivity index (χ2v) is 17.1. The first-order chi connectivity index (χ1) is 30.4. The van der Waals surface area contributed by atoms with Crippen molar-refractivity contribution in [2.75, 3.05) is 27.9 Å². The van der Waals surface area contributed by atoms with Crippen LogP contribution in [-0.2, 0) is 37.8 Å².